The molecule has 5 rings (SSSR count). The van der Waals surface area contributed by atoms with Gasteiger partial charge in [0.15, 0.2) is 0 Å². The SMILES string of the molecule is Cn1[nH][nH]c2c(=O)c3c(=O)n(C4CCCc5cc(F)ccc54)c(=O)c3c(=O)c21. The molecule has 0 spiro atoms. The Balaban J connectivity index is 1.91. The van der Waals surface area contributed by atoms with Crippen LogP contribution in [0.5, 0.6) is 0 Å². The maximum Gasteiger partial charge on any atom is 0.266 e. The number of nitrogens with zero attached hydrogens (tertiary/aromatic N) is 2. The fraction of sp³-hybridized carbons (Fsp3) is 0.263. The van der Waals surface area contributed by atoms with Crippen LogP contribution in [0.3, 0.4) is 0 Å². The summed E-state index contributed by atoms with van der Waals surface area (Å²) in [6, 6.07) is 3.62. The molecule has 0 saturated heterocycles. The average molecular weight is 382 g/mol. The van der Waals surface area contributed by atoms with Crippen LogP contribution in [0, 0.1) is 5.82 Å². The second-order valence-corrected chi connectivity index (χ2v) is 7.16. The minimum atomic E-state index is -0.775. The molecule has 8 nitrogen and oxygen atoms in total. The number of fused-ring (bicyclic) bond motifs is 3. The summed E-state index contributed by atoms with van der Waals surface area (Å²) in [6.07, 6.45) is 1.79. The number of benzene rings is 2. The van der Waals surface area contributed by atoms with Gasteiger partial charge < -0.3 is 0 Å². The molecule has 0 bridgehead atoms. The maximum atomic E-state index is 13.6. The Bertz CT molecular complexity index is 1510. The van der Waals surface area contributed by atoms with Crippen molar-refractivity contribution < 1.29 is 4.39 Å². The summed E-state index contributed by atoms with van der Waals surface area (Å²) in [7, 11) is 1.52. The molecule has 2 aromatic heterocycles. The van der Waals surface area contributed by atoms with Crippen LogP contribution in [-0.4, -0.2) is 19.6 Å². The van der Waals surface area contributed by atoms with Gasteiger partial charge in [-0.05, 0) is 42.5 Å². The molecule has 0 fully saturated rings. The van der Waals surface area contributed by atoms with Gasteiger partial charge in [-0.3, -0.25) is 33.5 Å². The Morgan fingerprint density at radius 2 is 1.79 bits per heavy atom. The highest BCUT2D eigenvalue weighted by Crippen LogP contribution is 2.32. The smallest absolute Gasteiger partial charge is 0.266 e. The van der Waals surface area contributed by atoms with Crippen LogP contribution in [0.25, 0.3) is 21.8 Å². The number of hydrogen-bond acceptors (Lipinski definition) is 4. The highest BCUT2D eigenvalue weighted by Gasteiger charge is 2.30. The topological polar surface area (TPSA) is 110 Å². The molecule has 0 amide bonds. The van der Waals surface area contributed by atoms with E-state index in [-0.39, 0.29) is 22.2 Å². The van der Waals surface area contributed by atoms with Gasteiger partial charge in [0, 0.05) is 7.05 Å². The Labute approximate surface area is 155 Å². The number of aryl methyl sites for hydroxylation is 2. The Morgan fingerprint density at radius 1 is 1.07 bits per heavy atom. The van der Waals surface area contributed by atoms with Crippen LogP contribution >= 0.6 is 0 Å². The van der Waals surface area contributed by atoms with E-state index in [1.807, 2.05) is 0 Å². The molecule has 2 N–H and O–H groups in total. The van der Waals surface area contributed by atoms with Crippen molar-refractivity contribution in [1.29, 1.82) is 0 Å². The molecule has 1 atom stereocenters. The largest absolute Gasteiger partial charge is 0.287 e. The van der Waals surface area contributed by atoms with E-state index in [2.05, 4.69) is 10.3 Å². The van der Waals surface area contributed by atoms with Gasteiger partial charge in [0.1, 0.15) is 27.6 Å². The van der Waals surface area contributed by atoms with Gasteiger partial charge in [-0.15, -0.1) is 0 Å². The van der Waals surface area contributed by atoms with Crippen molar-refractivity contribution in [2.45, 2.75) is 25.3 Å². The van der Waals surface area contributed by atoms with E-state index in [1.54, 1.807) is 6.07 Å². The molecule has 4 aromatic rings. The van der Waals surface area contributed by atoms with Crippen LogP contribution in [0.1, 0.15) is 30.0 Å². The average Bonchev–Trinajstić information content (AvgIpc) is 3.17. The van der Waals surface area contributed by atoms with E-state index in [0.717, 1.165) is 10.1 Å². The lowest BCUT2D eigenvalue weighted by Gasteiger charge is -2.25. The van der Waals surface area contributed by atoms with Gasteiger partial charge in [-0.25, -0.2) is 9.60 Å². The molecular weight excluding hydrogens is 367 g/mol. The van der Waals surface area contributed by atoms with Crippen LogP contribution < -0.4 is 22.0 Å². The molecular formula is C19H15FN4O4. The monoisotopic (exact) mass is 382 g/mol. The summed E-state index contributed by atoms with van der Waals surface area (Å²) in [4.78, 5) is 51.9. The van der Waals surface area contributed by atoms with Gasteiger partial charge in [0.25, 0.3) is 11.1 Å². The highest BCUT2D eigenvalue weighted by atomic mass is 19.1. The quantitative estimate of drug-likeness (QED) is 0.506. The zero-order chi connectivity index (χ0) is 19.7. The van der Waals surface area contributed by atoms with E-state index >= 15 is 0 Å². The summed E-state index contributed by atoms with van der Waals surface area (Å²) in [5.41, 5.74) is -1.52. The number of hydrogen-bond donors (Lipinski definition) is 2. The molecule has 1 unspecified atom stereocenters. The normalized spacial score (nSPS) is 16.7. The van der Waals surface area contributed by atoms with Crippen molar-refractivity contribution in [2.24, 2.45) is 7.05 Å². The lowest BCUT2D eigenvalue weighted by molar-refractivity contribution is 0.472. The fourth-order valence-corrected chi connectivity index (χ4v) is 4.37. The summed E-state index contributed by atoms with van der Waals surface area (Å²) in [5.74, 6) is -0.386. The summed E-state index contributed by atoms with van der Waals surface area (Å²) < 4.78 is 15.9. The summed E-state index contributed by atoms with van der Waals surface area (Å²) >= 11 is 0. The van der Waals surface area contributed by atoms with Crippen molar-refractivity contribution >= 4 is 21.8 Å². The number of aromatic nitrogens is 4. The first-order valence-corrected chi connectivity index (χ1v) is 8.89. The van der Waals surface area contributed by atoms with Gasteiger partial charge >= 0.3 is 0 Å². The van der Waals surface area contributed by atoms with Crippen LogP contribution in [-0.2, 0) is 13.5 Å². The molecule has 142 valence electrons. The molecule has 28 heavy (non-hydrogen) atoms. The van der Waals surface area contributed by atoms with Crippen molar-refractivity contribution in [2.75, 3.05) is 0 Å². The van der Waals surface area contributed by atoms with Crippen molar-refractivity contribution in [3.63, 3.8) is 0 Å². The minimum Gasteiger partial charge on any atom is -0.287 e. The second-order valence-electron chi connectivity index (χ2n) is 7.16. The third-order valence-electron chi connectivity index (χ3n) is 5.63. The number of nitrogens with one attached hydrogen (secondary N) is 2. The number of halogens is 1. The third kappa shape index (κ3) is 1.98. The van der Waals surface area contributed by atoms with E-state index in [1.165, 1.54) is 23.9 Å². The minimum absolute atomic E-state index is 0.0119. The van der Waals surface area contributed by atoms with Gasteiger partial charge in [-0.1, -0.05) is 6.07 Å². The van der Waals surface area contributed by atoms with E-state index in [0.29, 0.717) is 24.8 Å². The zero-order valence-electron chi connectivity index (χ0n) is 14.8. The Hall–Kier alpha value is -3.49. The molecule has 1 aliphatic rings. The van der Waals surface area contributed by atoms with E-state index in [9.17, 15) is 23.6 Å². The van der Waals surface area contributed by atoms with E-state index < -0.39 is 33.4 Å². The Kier molecular flexibility index (Phi) is 3.28. The van der Waals surface area contributed by atoms with Gasteiger partial charge in [0.2, 0.25) is 10.9 Å². The lowest BCUT2D eigenvalue weighted by atomic mass is 9.87. The fourth-order valence-electron chi connectivity index (χ4n) is 4.37. The third-order valence-corrected chi connectivity index (χ3v) is 5.63. The number of aromatic amines is 2. The molecule has 9 heteroatoms. The van der Waals surface area contributed by atoms with Gasteiger partial charge in [-0.2, -0.15) is 0 Å². The standard InChI is InChI=1S/C19H15FN4O4/c1-23-15-14(21-22-23)16(25)12-13(17(15)26)19(28)24(18(12)27)11-4-2-3-8-7-9(20)5-6-10(8)11/h5-7,11,21-22H,2-4H2,1H3. The number of rotatable bonds is 1. The zero-order valence-corrected chi connectivity index (χ0v) is 14.8. The summed E-state index contributed by atoms with van der Waals surface area (Å²) in [6.45, 7) is 0. The first kappa shape index (κ1) is 16.7. The predicted molar refractivity (Wildman–Crippen MR) is 101 cm³/mol. The molecule has 0 radical (unpaired) electrons. The molecule has 0 aliphatic heterocycles. The van der Waals surface area contributed by atoms with Gasteiger partial charge in [0.05, 0.1) is 6.04 Å². The predicted octanol–water partition coefficient (Wildman–Crippen LogP) is 0.733. The highest BCUT2D eigenvalue weighted by molar-refractivity contribution is 5.94. The first-order valence-electron chi connectivity index (χ1n) is 8.89. The molecule has 2 heterocycles. The van der Waals surface area contributed by atoms with Crippen molar-refractivity contribution in [1.82, 2.24) is 19.6 Å². The maximum absolute atomic E-state index is 13.6. The van der Waals surface area contributed by atoms with Crippen molar-refractivity contribution in [3.8, 4) is 0 Å². The molecule has 2 aromatic carbocycles. The lowest BCUT2D eigenvalue weighted by Crippen LogP contribution is -2.33. The first-order chi connectivity index (χ1) is 13.4. The number of H-pyrrole nitrogens is 2. The van der Waals surface area contributed by atoms with Crippen LogP contribution in [0.15, 0.2) is 37.4 Å². The van der Waals surface area contributed by atoms with Crippen LogP contribution in [0.2, 0.25) is 0 Å². The van der Waals surface area contributed by atoms with Crippen molar-refractivity contribution in [3.05, 3.63) is 76.3 Å². The molecule has 1 aliphatic carbocycles. The van der Waals surface area contributed by atoms with E-state index in [4.69, 9.17) is 0 Å². The van der Waals surface area contributed by atoms with Crippen LogP contribution in [0.4, 0.5) is 4.39 Å². The second kappa shape index (κ2) is 5.51. The molecule has 0 saturated carbocycles. The summed E-state index contributed by atoms with van der Waals surface area (Å²) in [5, 5.41) is 4.40. The Morgan fingerprint density at radius 3 is 2.54 bits per heavy atom.